The number of ether oxygens (including phenoxy) is 1. The van der Waals surface area contributed by atoms with Crippen molar-refractivity contribution < 1.29 is 9.53 Å². The molecule has 3 nitrogen and oxygen atoms in total. The normalized spacial score (nSPS) is 9.93. The number of primary amides is 1. The molecule has 1 aromatic rings. The number of rotatable bonds is 2. The van der Waals surface area contributed by atoms with E-state index in [1.165, 1.54) is 5.56 Å². The van der Waals surface area contributed by atoms with Crippen molar-refractivity contribution in [1.29, 1.82) is 0 Å². The number of hydrogen-bond donors (Lipinski definition) is 1. The molecule has 0 aliphatic carbocycles. The Morgan fingerprint density at radius 1 is 1.29 bits per heavy atom. The molecule has 0 unspecified atom stereocenters. The fourth-order valence-electron chi connectivity index (χ4n) is 1.58. The van der Waals surface area contributed by atoms with Crippen LogP contribution in [0.2, 0.25) is 0 Å². The smallest absolute Gasteiger partial charge is 0.404 e. The molecule has 0 aliphatic rings. The summed E-state index contributed by atoms with van der Waals surface area (Å²) in [6.07, 6.45) is -0.732. The summed E-state index contributed by atoms with van der Waals surface area (Å²) in [5.41, 5.74) is 9.41. The van der Waals surface area contributed by atoms with Crippen molar-refractivity contribution in [3.63, 3.8) is 0 Å². The molecule has 0 aliphatic heterocycles. The van der Waals surface area contributed by atoms with Gasteiger partial charge >= 0.3 is 6.09 Å². The molecular weight excluding hydrogens is 178 g/mol. The van der Waals surface area contributed by atoms with E-state index in [0.717, 1.165) is 16.7 Å². The Labute approximate surface area is 83.9 Å². The zero-order valence-corrected chi connectivity index (χ0v) is 8.76. The summed E-state index contributed by atoms with van der Waals surface area (Å²) in [5, 5.41) is 0. The molecule has 0 radical (unpaired) electrons. The molecule has 1 amide bonds. The predicted octanol–water partition coefficient (Wildman–Crippen LogP) is 2.21. The fourth-order valence-corrected chi connectivity index (χ4v) is 1.58. The van der Waals surface area contributed by atoms with Crippen LogP contribution in [0.4, 0.5) is 4.79 Å². The Bertz CT molecular complexity index is 335. The second-order valence-corrected chi connectivity index (χ2v) is 3.48. The molecule has 2 N–H and O–H groups in total. The molecule has 0 aromatic heterocycles. The number of benzene rings is 1. The van der Waals surface area contributed by atoms with Crippen LogP contribution in [0.15, 0.2) is 12.1 Å². The van der Waals surface area contributed by atoms with E-state index in [-0.39, 0.29) is 6.61 Å². The highest BCUT2D eigenvalue weighted by molar-refractivity contribution is 5.64. The molecule has 0 atom stereocenters. The molecule has 3 heteroatoms. The zero-order chi connectivity index (χ0) is 10.7. The van der Waals surface area contributed by atoms with E-state index in [2.05, 4.69) is 12.1 Å². The van der Waals surface area contributed by atoms with Crippen molar-refractivity contribution in [2.24, 2.45) is 5.73 Å². The van der Waals surface area contributed by atoms with Gasteiger partial charge in [0.1, 0.15) is 6.61 Å². The van der Waals surface area contributed by atoms with E-state index in [1.807, 2.05) is 20.8 Å². The van der Waals surface area contributed by atoms with Gasteiger partial charge in [0.2, 0.25) is 0 Å². The van der Waals surface area contributed by atoms with Gasteiger partial charge in [-0.3, -0.25) is 0 Å². The van der Waals surface area contributed by atoms with Crippen LogP contribution in [-0.4, -0.2) is 6.09 Å². The lowest BCUT2D eigenvalue weighted by molar-refractivity contribution is 0.150. The van der Waals surface area contributed by atoms with E-state index in [1.54, 1.807) is 0 Å². The van der Waals surface area contributed by atoms with Crippen LogP contribution in [0.5, 0.6) is 0 Å². The summed E-state index contributed by atoms with van der Waals surface area (Å²) in [5.74, 6) is 0. The summed E-state index contributed by atoms with van der Waals surface area (Å²) >= 11 is 0. The van der Waals surface area contributed by atoms with Crippen molar-refractivity contribution >= 4 is 6.09 Å². The van der Waals surface area contributed by atoms with Crippen molar-refractivity contribution in [1.82, 2.24) is 0 Å². The minimum Gasteiger partial charge on any atom is -0.445 e. The molecule has 1 rings (SSSR count). The van der Waals surface area contributed by atoms with Crippen LogP contribution in [0.1, 0.15) is 22.3 Å². The van der Waals surface area contributed by atoms with E-state index in [0.29, 0.717) is 0 Å². The molecule has 0 saturated heterocycles. The Morgan fingerprint density at radius 3 is 2.21 bits per heavy atom. The van der Waals surface area contributed by atoms with Crippen molar-refractivity contribution in [2.75, 3.05) is 0 Å². The first-order valence-electron chi connectivity index (χ1n) is 4.49. The summed E-state index contributed by atoms with van der Waals surface area (Å²) in [6.45, 7) is 6.30. The van der Waals surface area contributed by atoms with Gasteiger partial charge in [0.25, 0.3) is 0 Å². The summed E-state index contributed by atoms with van der Waals surface area (Å²) < 4.78 is 4.77. The van der Waals surface area contributed by atoms with E-state index >= 15 is 0 Å². The van der Waals surface area contributed by atoms with E-state index < -0.39 is 6.09 Å². The topological polar surface area (TPSA) is 52.3 Å². The third kappa shape index (κ3) is 2.49. The van der Waals surface area contributed by atoms with Gasteiger partial charge in [-0.15, -0.1) is 0 Å². The van der Waals surface area contributed by atoms with Crippen molar-refractivity contribution in [2.45, 2.75) is 27.4 Å². The Hall–Kier alpha value is -1.51. The minimum absolute atomic E-state index is 0.257. The third-order valence-corrected chi connectivity index (χ3v) is 2.20. The first kappa shape index (κ1) is 10.6. The molecule has 1 aromatic carbocycles. The summed E-state index contributed by atoms with van der Waals surface area (Å²) in [4.78, 5) is 10.5. The molecule has 0 spiro atoms. The van der Waals surface area contributed by atoms with Crippen LogP contribution in [-0.2, 0) is 11.3 Å². The van der Waals surface area contributed by atoms with Crippen molar-refractivity contribution in [3.05, 3.63) is 34.4 Å². The average Bonchev–Trinajstić information content (AvgIpc) is 2.01. The quantitative estimate of drug-likeness (QED) is 0.782. The maximum Gasteiger partial charge on any atom is 0.404 e. The number of aryl methyl sites for hydroxylation is 3. The van der Waals surface area contributed by atoms with Gasteiger partial charge in [-0.05, 0) is 37.5 Å². The molecule has 0 heterocycles. The Kier molecular flexibility index (Phi) is 3.12. The van der Waals surface area contributed by atoms with Crippen LogP contribution < -0.4 is 5.73 Å². The fraction of sp³-hybridized carbons (Fsp3) is 0.364. The zero-order valence-electron chi connectivity index (χ0n) is 8.76. The number of carbonyl (C=O) groups excluding carboxylic acids is 1. The van der Waals surface area contributed by atoms with Gasteiger partial charge in [-0.2, -0.15) is 0 Å². The number of hydrogen-bond acceptors (Lipinski definition) is 2. The Balaban J connectivity index is 2.91. The second kappa shape index (κ2) is 4.13. The van der Waals surface area contributed by atoms with E-state index in [9.17, 15) is 4.79 Å². The lowest BCUT2D eigenvalue weighted by atomic mass is 10.0. The lowest BCUT2D eigenvalue weighted by Gasteiger charge is -2.10. The predicted molar refractivity (Wildman–Crippen MR) is 55.0 cm³/mol. The first-order valence-corrected chi connectivity index (χ1v) is 4.49. The lowest BCUT2D eigenvalue weighted by Crippen LogP contribution is -2.13. The van der Waals surface area contributed by atoms with Gasteiger partial charge in [0, 0.05) is 0 Å². The molecule has 76 valence electrons. The van der Waals surface area contributed by atoms with Crippen LogP contribution >= 0.6 is 0 Å². The summed E-state index contributed by atoms with van der Waals surface area (Å²) in [6, 6.07) is 4.12. The highest BCUT2D eigenvalue weighted by Crippen LogP contribution is 2.17. The summed E-state index contributed by atoms with van der Waals surface area (Å²) in [7, 11) is 0. The van der Waals surface area contributed by atoms with Gasteiger partial charge in [-0.25, -0.2) is 4.79 Å². The van der Waals surface area contributed by atoms with Crippen LogP contribution in [0, 0.1) is 20.8 Å². The molecule has 0 bridgehead atoms. The maximum atomic E-state index is 10.5. The Morgan fingerprint density at radius 2 is 1.79 bits per heavy atom. The highest BCUT2D eigenvalue weighted by atomic mass is 16.5. The van der Waals surface area contributed by atoms with Crippen molar-refractivity contribution in [3.8, 4) is 0 Å². The minimum atomic E-state index is -0.732. The molecule has 0 fully saturated rings. The van der Waals surface area contributed by atoms with Gasteiger partial charge in [0.05, 0.1) is 0 Å². The largest absolute Gasteiger partial charge is 0.445 e. The van der Waals surface area contributed by atoms with Gasteiger partial charge in [-0.1, -0.05) is 17.7 Å². The van der Waals surface area contributed by atoms with E-state index in [4.69, 9.17) is 10.5 Å². The van der Waals surface area contributed by atoms with Gasteiger partial charge < -0.3 is 10.5 Å². The van der Waals surface area contributed by atoms with Crippen LogP contribution in [0.3, 0.4) is 0 Å². The second-order valence-electron chi connectivity index (χ2n) is 3.48. The standard InChI is InChI=1S/C11H15NO2/c1-7-4-8(2)10(9(3)5-7)6-14-11(12)13/h4-5H,6H2,1-3H3,(H2,12,13). The molecule has 0 saturated carbocycles. The monoisotopic (exact) mass is 193 g/mol. The molecule has 14 heavy (non-hydrogen) atoms. The average molecular weight is 193 g/mol. The number of carbonyl (C=O) groups is 1. The van der Waals surface area contributed by atoms with Crippen LogP contribution in [0.25, 0.3) is 0 Å². The number of nitrogens with two attached hydrogens (primary N) is 1. The highest BCUT2D eigenvalue weighted by Gasteiger charge is 2.05. The first-order chi connectivity index (χ1) is 6.50. The SMILES string of the molecule is Cc1cc(C)c(COC(N)=O)c(C)c1. The number of amides is 1. The maximum absolute atomic E-state index is 10.5. The van der Waals surface area contributed by atoms with Gasteiger partial charge in [0.15, 0.2) is 0 Å². The molecular formula is C11H15NO2. The third-order valence-electron chi connectivity index (χ3n) is 2.20.